The van der Waals surface area contributed by atoms with E-state index in [1.54, 1.807) is 12.0 Å². The van der Waals surface area contributed by atoms with Crippen LogP contribution in [0.25, 0.3) is 0 Å². The summed E-state index contributed by atoms with van der Waals surface area (Å²) in [5, 5.41) is 3.03. The fourth-order valence-electron chi connectivity index (χ4n) is 4.00. The molecule has 3 rings (SSSR count). The summed E-state index contributed by atoms with van der Waals surface area (Å²) < 4.78 is 11.5. The Kier molecular flexibility index (Phi) is 7.00. The molecule has 0 unspecified atom stereocenters. The van der Waals surface area contributed by atoms with Crippen molar-refractivity contribution >= 4 is 11.8 Å². The number of carbonyl (C=O) groups excluding carboxylic acids is 2. The lowest BCUT2D eigenvalue weighted by atomic mass is 10.1. The summed E-state index contributed by atoms with van der Waals surface area (Å²) in [6.07, 6.45) is 1.35. The van der Waals surface area contributed by atoms with Crippen LogP contribution in [-0.4, -0.2) is 67.0 Å². The lowest BCUT2D eigenvalue weighted by molar-refractivity contribution is -0.129. The number of methoxy groups -OCH3 is 1. The molecule has 1 N–H and O–H groups in total. The Labute approximate surface area is 173 Å². The third-order valence-electron chi connectivity index (χ3n) is 5.75. The van der Waals surface area contributed by atoms with Crippen molar-refractivity contribution in [2.75, 3.05) is 33.3 Å². The second-order valence-electron chi connectivity index (χ2n) is 8.19. The quantitative estimate of drug-likeness (QED) is 0.754. The zero-order valence-electron chi connectivity index (χ0n) is 17.9. The number of rotatable bonds is 7. The maximum absolute atomic E-state index is 12.5. The molecule has 2 heterocycles. The first-order valence-electron chi connectivity index (χ1n) is 10.5. The van der Waals surface area contributed by atoms with Gasteiger partial charge in [-0.15, -0.1) is 0 Å². The van der Waals surface area contributed by atoms with Crippen LogP contribution in [0.1, 0.15) is 39.2 Å². The molecule has 2 aliphatic heterocycles. The number of ether oxygens (including phenoxy) is 2. The van der Waals surface area contributed by atoms with Crippen LogP contribution in [-0.2, 0) is 16.1 Å². The highest BCUT2D eigenvalue weighted by atomic mass is 16.5. The van der Waals surface area contributed by atoms with Gasteiger partial charge in [-0.3, -0.25) is 14.5 Å². The van der Waals surface area contributed by atoms with Crippen LogP contribution in [0.3, 0.4) is 0 Å². The number of likely N-dealkylation sites (tertiary alicyclic amines) is 1. The summed E-state index contributed by atoms with van der Waals surface area (Å²) in [5.41, 5.74) is 1.10. The molecule has 1 saturated heterocycles. The minimum atomic E-state index is -0.245. The maximum Gasteiger partial charge on any atom is 0.225 e. The first-order valence-corrected chi connectivity index (χ1v) is 10.5. The van der Waals surface area contributed by atoms with Crippen molar-refractivity contribution in [3.05, 3.63) is 23.8 Å². The first-order chi connectivity index (χ1) is 13.9. The normalized spacial score (nSPS) is 22.2. The number of benzene rings is 1. The number of hydrogen-bond acceptors (Lipinski definition) is 5. The molecule has 7 heteroatoms. The van der Waals surface area contributed by atoms with E-state index in [0.717, 1.165) is 43.1 Å². The molecular weight excluding hydrogens is 370 g/mol. The fraction of sp³-hybridized carbons (Fsp3) is 0.636. The summed E-state index contributed by atoms with van der Waals surface area (Å²) in [6, 6.07) is 6.05. The van der Waals surface area contributed by atoms with Gasteiger partial charge in [0.15, 0.2) is 0 Å². The van der Waals surface area contributed by atoms with Gasteiger partial charge < -0.3 is 19.7 Å². The zero-order valence-corrected chi connectivity index (χ0v) is 17.9. The van der Waals surface area contributed by atoms with Crippen LogP contribution >= 0.6 is 0 Å². The van der Waals surface area contributed by atoms with Crippen LogP contribution in [0, 0.1) is 5.92 Å². The second kappa shape index (κ2) is 9.48. The van der Waals surface area contributed by atoms with Gasteiger partial charge in [0.1, 0.15) is 17.6 Å². The number of fused-ring (bicyclic) bond motifs is 1. The van der Waals surface area contributed by atoms with Gasteiger partial charge in [-0.2, -0.15) is 0 Å². The topological polar surface area (TPSA) is 71.1 Å². The molecule has 0 bridgehead atoms. The van der Waals surface area contributed by atoms with E-state index in [1.165, 1.54) is 0 Å². The number of hydrogen-bond donors (Lipinski definition) is 1. The standard InChI is InChI=1S/C22H33N3O4/c1-5-18-14-24(12-16-10-19(28-4)6-7-20(16)29-18)9-8-23-22(27)17-11-21(26)25(13-17)15(2)3/h6-7,10,15,17-18H,5,8-9,11-14H2,1-4H3,(H,23,27)/t17-,18+/m1/s1. The van der Waals surface area contributed by atoms with Gasteiger partial charge in [-0.1, -0.05) is 6.92 Å². The van der Waals surface area contributed by atoms with Crippen molar-refractivity contribution < 1.29 is 19.1 Å². The highest BCUT2D eigenvalue weighted by Gasteiger charge is 2.35. The molecule has 1 aromatic carbocycles. The van der Waals surface area contributed by atoms with E-state index in [2.05, 4.69) is 17.1 Å². The zero-order chi connectivity index (χ0) is 21.0. The molecule has 0 saturated carbocycles. The van der Waals surface area contributed by atoms with E-state index in [0.29, 0.717) is 19.5 Å². The largest absolute Gasteiger partial charge is 0.497 e. The monoisotopic (exact) mass is 403 g/mol. The fourth-order valence-corrected chi connectivity index (χ4v) is 4.00. The first kappa shape index (κ1) is 21.4. The average molecular weight is 404 g/mol. The molecule has 2 atom stereocenters. The van der Waals surface area contributed by atoms with E-state index in [4.69, 9.17) is 9.47 Å². The van der Waals surface area contributed by atoms with Gasteiger partial charge in [-0.25, -0.2) is 0 Å². The van der Waals surface area contributed by atoms with Crippen molar-refractivity contribution in [1.29, 1.82) is 0 Å². The number of nitrogens with one attached hydrogen (secondary N) is 1. The van der Waals surface area contributed by atoms with Gasteiger partial charge in [-0.05, 0) is 38.5 Å². The Balaban J connectivity index is 1.55. The molecule has 29 heavy (non-hydrogen) atoms. The molecule has 0 aromatic heterocycles. The SMILES string of the molecule is CC[C@H]1CN(CCNC(=O)[C@@H]2CC(=O)N(C(C)C)C2)Cc2cc(OC)ccc2O1. The van der Waals surface area contributed by atoms with Gasteiger partial charge >= 0.3 is 0 Å². The Morgan fingerprint density at radius 3 is 2.79 bits per heavy atom. The Morgan fingerprint density at radius 1 is 1.34 bits per heavy atom. The molecule has 0 radical (unpaired) electrons. The molecule has 0 spiro atoms. The molecule has 1 fully saturated rings. The third-order valence-corrected chi connectivity index (χ3v) is 5.75. The lowest BCUT2D eigenvalue weighted by Crippen LogP contribution is -2.41. The number of carbonyl (C=O) groups is 2. The van der Waals surface area contributed by atoms with E-state index in [9.17, 15) is 9.59 Å². The highest BCUT2D eigenvalue weighted by molar-refractivity contribution is 5.89. The molecule has 0 aliphatic carbocycles. The highest BCUT2D eigenvalue weighted by Crippen LogP contribution is 2.29. The van der Waals surface area contributed by atoms with Gasteiger partial charge in [0.05, 0.1) is 13.0 Å². The van der Waals surface area contributed by atoms with Crippen LogP contribution in [0.4, 0.5) is 0 Å². The van der Waals surface area contributed by atoms with Crippen LogP contribution in [0.5, 0.6) is 11.5 Å². The number of amides is 2. The maximum atomic E-state index is 12.5. The smallest absolute Gasteiger partial charge is 0.225 e. The summed E-state index contributed by atoms with van der Waals surface area (Å²) in [7, 11) is 1.66. The van der Waals surface area contributed by atoms with Gasteiger partial charge in [0.25, 0.3) is 0 Å². The predicted octanol–water partition coefficient (Wildman–Crippen LogP) is 2.04. The average Bonchev–Trinajstić information content (AvgIpc) is 3.00. The van der Waals surface area contributed by atoms with E-state index < -0.39 is 0 Å². The van der Waals surface area contributed by atoms with E-state index in [1.807, 2.05) is 32.0 Å². The van der Waals surface area contributed by atoms with Crippen LogP contribution in [0.15, 0.2) is 18.2 Å². The summed E-state index contributed by atoms with van der Waals surface area (Å²) >= 11 is 0. The Morgan fingerprint density at radius 2 is 2.14 bits per heavy atom. The minimum Gasteiger partial charge on any atom is -0.497 e. The summed E-state index contributed by atoms with van der Waals surface area (Å²) in [6.45, 7) is 9.46. The Hall–Kier alpha value is -2.28. The second-order valence-corrected chi connectivity index (χ2v) is 8.19. The molecule has 7 nitrogen and oxygen atoms in total. The van der Waals surface area contributed by atoms with E-state index in [-0.39, 0.29) is 29.9 Å². The summed E-state index contributed by atoms with van der Waals surface area (Å²) in [4.78, 5) is 28.7. The third kappa shape index (κ3) is 5.21. The molecule has 1 aromatic rings. The van der Waals surface area contributed by atoms with Crippen LogP contribution < -0.4 is 14.8 Å². The molecular formula is C22H33N3O4. The predicted molar refractivity (Wildman–Crippen MR) is 111 cm³/mol. The van der Waals surface area contributed by atoms with Crippen molar-refractivity contribution in [2.24, 2.45) is 5.92 Å². The van der Waals surface area contributed by atoms with Crippen molar-refractivity contribution in [2.45, 2.75) is 52.3 Å². The summed E-state index contributed by atoms with van der Waals surface area (Å²) in [5.74, 6) is 1.52. The molecule has 2 amide bonds. The Bertz CT molecular complexity index is 737. The number of nitrogens with zero attached hydrogens (tertiary/aromatic N) is 2. The molecule has 160 valence electrons. The van der Waals surface area contributed by atoms with Crippen molar-refractivity contribution in [3.63, 3.8) is 0 Å². The van der Waals surface area contributed by atoms with Crippen LogP contribution in [0.2, 0.25) is 0 Å². The van der Waals surface area contributed by atoms with Gasteiger partial charge in [0.2, 0.25) is 11.8 Å². The minimum absolute atomic E-state index is 0.0262. The van der Waals surface area contributed by atoms with Gasteiger partial charge in [0, 0.05) is 50.7 Å². The van der Waals surface area contributed by atoms with Crippen molar-refractivity contribution in [3.8, 4) is 11.5 Å². The molecule has 2 aliphatic rings. The van der Waals surface area contributed by atoms with E-state index >= 15 is 0 Å². The lowest BCUT2D eigenvalue weighted by Gasteiger charge is -2.23. The van der Waals surface area contributed by atoms with Crippen molar-refractivity contribution in [1.82, 2.24) is 15.1 Å².